The molecule has 0 bridgehead atoms. The summed E-state index contributed by atoms with van der Waals surface area (Å²) in [6.07, 6.45) is 2.36. The van der Waals surface area contributed by atoms with Crippen molar-refractivity contribution in [1.29, 1.82) is 0 Å². The van der Waals surface area contributed by atoms with Gasteiger partial charge in [-0.15, -0.1) is 0 Å². The molecule has 3 fully saturated rings. The molecule has 5 nitrogen and oxygen atoms in total. The predicted octanol–water partition coefficient (Wildman–Crippen LogP) is 2.51. The Hall–Kier alpha value is -2.70. The second-order valence-electron chi connectivity index (χ2n) is 8.19. The lowest BCUT2D eigenvalue weighted by Crippen LogP contribution is -2.40. The fourth-order valence-electron chi connectivity index (χ4n) is 4.32. The normalized spacial score (nSPS) is 29.9. The molecule has 2 aromatic rings. The SMILES string of the molecule is O=C(CCc1cc(C23CC2(F)C3)[nH]c1-c1ccc(F)cc1)NC1CCNC1=O. The van der Waals surface area contributed by atoms with E-state index in [4.69, 9.17) is 0 Å². The minimum atomic E-state index is -1.07. The topological polar surface area (TPSA) is 74.0 Å². The van der Waals surface area contributed by atoms with E-state index in [9.17, 15) is 18.4 Å². The molecule has 1 aromatic carbocycles. The number of aryl methyl sites for hydroxylation is 1. The van der Waals surface area contributed by atoms with Crippen molar-refractivity contribution in [1.82, 2.24) is 15.6 Å². The van der Waals surface area contributed by atoms with Crippen LogP contribution in [0.15, 0.2) is 30.3 Å². The Kier molecular flexibility index (Phi) is 3.66. The molecule has 2 heterocycles. The Morgan fingerprint density at radius 1 is 1.25 bits per heavy atom. The largest absolute Gasteiger partial charge is 0.358 e. The number of nitrogens with one attached hydrogen (secondary N) is 3. The van der Waals surface area contributed by atoms with Crippen molar-refractivity contribution in [2.24, 2.45) is 0 Å². The molecule has 1 saturated heterocycles. The van der Waals surface area contributed by atoms with Gasteiger partial charge in [-0.1, -0.05) is 0 Å². The summed E-state index contributed by atoms with van der Waals surface area (Å²) in [6, 6.07) is 7.61. The number of halogens is 2. The monoisotopic (exact) mass is 385 g/mol. The van der Waals surface area contributed by atoms with Crippen LogP contribution in [-0.4, -0.2) is 35.1 Å². The zero-order valence-corrected chi connectivity index (χ0v) is 15.3. The van der Waals surface area contributed by atoms with Crippen LogP contribution in [0.3, 0.4) is 0 Å². The van der Waals surface area contributed by atoms with Crippen LogP contribution < -0.4 is 10.6 Å². The van der Waals surface area contributed by atoms with Crippen LogP contribution in [0.2, 0.25) is 0 Å². The van der Waals surface area contributed by atoms with Crippen LogP contribution in [0.25, 0.3) is 11.3 Å². The summed E-state index contributed by atoms with van der Waals surface area (Å²) in [5.74, 6) is -0.659. The molecule has 2 saturated carbocycles. The smallest absolute Gasteiger partial charge is 0.242 e. The predicted molar refractivity (Wildman–Crippen MR) is 98.8 cm³/mol. The van der Waals surface area contributed by atoms with Crippen molar-refractivity contribution in [3.63, 3.8) is 0 Å². The second-order valence-corrected chi connectivity index (χ2v) is 8.19. The standard InChI is InChI=1S/C21H21F2N3O2/c22-14-4-1-12(2-5-14)18-13(9-16(26-18)20-10-21(20,23)11-20)3-6-17(27)25-15-7-8-24-19(15)28/h1-2,4-5,9,15,26H,3,6-8,10-11H2,(H,24,28)(H,25,27). The lowest BCUT2D eigenvalue weighted by molar-refractivity contribution is -0.127. The number of aromatic nitrogens is 1. The number of carbonyl (C=O) groups excluding carboxylic acids is 2. The molecule has 1 unspecified atom stereocenters. The van der Waals surface area contributed by atoms with Gasteiger partial charge in [0.15, 0.2) is 0 Å². The quantitative estimate of drug-likeness (QED) is 0.715. The molecule has 3 N–H and O–H groups in total. The average Bonchev–Trinajstić information content (AvgIpc) is 3.22. The van der Waals surface area contributed by atoms with Gasteiger partial charge < -0.3 is 15.6 Å². The van der Waals surface area contributed by atoms with Crippen molar-refractivity contribution in [2.75, 3.05) is 6.54 Å². The highest BCUT2D eigenvalue weighted by atomic mass is 19.1. The number of hydrogen-bond donors (Lipinski definition) is 3. The van der Waals surface area contributed by atoms with Crippen molar-refractivity contribution < 1.29 is 18.4 Å². The van der Waals surface area contributed by atoms with Crippen molar-refractivity contribution >= 4 is 11.8 Å². The summed E-state index contributed by atoms with van der Waals surface area (Å²) in [4.78, 5) is 27.2. The minimum Gasteiger partial charge on any atom is -0.358 e. The molecule has 146 valence electrons. The molecule has 0 spiro atoms. The number of benzene rings is 1. The molecular formula is C21H21F2N3O2. The third-order valence-electron chi connectivity index (χ3n) is 6.32. The van der Waals surface area contributed by atoms with E-state index in [1.165, 1.54) is 12.1 Å². The van der Waals surface area contributed by atoms with Gasteiger partial charge in [0.2, 0.25) is 11.8 Å². The van der Waals surface area contributed by atoms with Gasteiger partial charge in [-0.2, -0.15) is 0 Å². The summed E-state index contributed by atoms with van der Waals surface area (Å²) < 4.78 is 27.5. The molecule has 7 heteroatoms. The third-order valence-corrected chi connectivity index (χ3v) is 6.32. The number of alkyl halides is 1. The van der Waals surface area contributed by atoms with E-state index in [2.05, 4.69) is 15.6 Å². The van der Waals surface area contributed by atoms with E-state index in [1.54, 1.807) is 12.1 Å². The Morgan fingerprint density at radius 3 is 2.57 bits per heavy atom. The third kappa shape index (κ3) is 2.72. The lowest BCUT2D eigenvalue weighted by Gasteiger charge is -2.10. The molecule has 0 radical (unpaired) electrons. The van der Waals surface area contributed by atoms with E-state index >= 15 is 0 Å². The first-order valence-electron chi connectivity index (χ1n) is 9.65. The first-order valence-corrected chi connectivity index (χ1v) is 9.65. The first kappa shape index (κ1) is 17.4. The van der Waals surface area contributed by atoms with Crippen LogP contribution in [0.4, 0.5) is 8.78 Å². The van der Waals surface area contributed by atoms with Crippen LogP contribution in [-0.2, 0) is 21.4 Å². The zero-order chi connectivity index (χ0) is 19.5. The van der Waals surface area contributed by atoms with Gasteiger partial charge in [0.1, 0.15) is 17.5 Å². The summed E-state index contributed by atoms with van der Waals surface area (Å²) in [5, 5.41) is 5.45. The van der Waals surface area contributed by atoms with Crippen LogP contribution in [0, 0.1) is 5.82 Å². The highest BCUT2D eigenvalue weighted by molar-refractivity contribution is 5.89. The number of amides is 2. The molecule has 5 rings (SSSR count). The number of carbonyl (C=O) groups is 2. The van der Waals surface area contributed by atoms with Gasteiger partial charge in [0.25, 0.3) is 0 Å². The summed E-state index contributed by atoms with van der Waals surface area (Å²) in [5.41, 5.74) is 1.92. The number of fused-ring (bicyclic) bond motifs is 1. The first-order chi connectivity index (χ1) is 13.4. The Labute approximate surface area is 160 Å². The second kappa shape index (κ2) is 5.90. The molecule has 1 aliphatic heterocycles. The van der Waals surface area contributed by atoms with Crippen molar-refractivity contribution in [3.8, 4) is 11.3 Å². The number of H-pyrrole nitrogens is 1. The molecule has 2 amide bonds. The van der Waals surface area contributed by atoms with Gasteiger partial charge in [0.05, 0.1) is 5.41 Å². The molecule has 1 atom stereocenters. The molecule has 1 aromatic heterocycles. The van der Waals surface area contributed by atoms with Crippen molar-refractivity contribution in [2.45, 2.75) is 49.2 Å². The number of hydrogen-bond acceptors (Lipinski definition) is 2. The van der Waals surface area contributed by atoms with E-state index in [-0.39, 0.29) is 29.5 Å². The Morgan fingerprint density at radius 2 is 1.96 bits per heavy atom. The summed E-state index contributed by atoms with van der Waals surface area (Å²) >= 11 is 0. The lowest BCUT2D eigenvalue weighted by atomic mass is 10.0. The average molecular weight is 385 g/mol. The fourth-order valence-corrected chi connectivity index (χ4v) is 4.32. The maximum absolute atomic E-state index is 14.2. The molecule has 3 aliphatic rings. The van der Waals surface area contributed by atoms with Gasteiger partial charge in [-0.05, 0) is 67.1 Å². The summed E-state index contributed by atoms with van der Waals surface area (Å²) in [7, 11) is 0. The van der Waals surface area contributed by atoms with Crippen LogP contribution in [0.1, 0.15) is 36.9 Å². The van der Waals surface area contributed by atoms with Gasteiger partial charge in [0, 0.05) is 24.4 Å². The van der Waals surface area contributed by atoms with E-state index in [0.29, 0.717) is 32.2 Å². The maximum Gasteiger partial charge on any atom is 0.242 e. The highest BCUT2D eigenvalue weighted by Gasteiger charge is 2.86. The van der Waals surface area contributed by atoms with Gasteiger partial charge in [-0.3, -0.25) is 9.59 Å². The molecule has 2 aliphatic carbocycles. The van der Waals surface area contributed by atoms with E-state index < -0.39 is 11.7 Å². The zero-order valence-electron chi connectivity index (χ0n) is 15.3. The van der Waals surface area contributed by atoms with Crippen LogP contribution in [0.5, 0.6) is 0 Å². The Balaban J connectivity index is 1.35. The highest BCUT2D eigenvalue weighted by Crippen LogP contribution is 2.81. The number of rotatable bonds is 6. The van der Waals surface area contributed by atoms with Gasteiger partial charge >= 0.3 is 0 Å². The van der Waals surface area contributed by atoms with E-state index in [1.807, 2.05) is 6.07 Å². The Bertz CT molecular complexity index is 961. The van der Waals surface area contributed by atoms with Crippen molar-refractivity contribution in [3.05, 3.63) is 47.4 Å². The number of aromatic amines is 1. The molecular weight excluding hydrogens is 364 g/mol. The molecule has 28 heavy (non-hydrogen) atoms. The van der Waals surface area contributed by atoms with Gasteiger partial charge in [-0.25, -0.2) is 8.78 Å². The van der Waals surface area contributed by atoms with E-state index in [0.717, 1.165) is 22.5 Å². The maximum atomic E-state index is 14.2. The fraction of sp³-hybridized carbons (Fsp3) is 0.429. The minimum absolute atomic E-state index is 0.148. The van der Waals surface area contributed by atoms with Crippen LogP contribution >= 0.6 is 0 Å². The summed E-state index contributed by atoms with van der Waals surface area (Å²) in [6.45, 7) is 0.576.